The molecule has 2 aliphatic rings. The molecule has 0 spiro atoms. The van der Waals surface area contributed by atoms with E-state index in [9.17, 15) is 4.79 Å². The van der Waals surface area contributed by atoms with Gasteiger partial charge in [0.25, 0.3) is 0 Å². The molecule has 164 valence electrons. The zero-order valence-corrected chi connectivity index (χ0v) is 21.2. The van der Waals surface area contributed by atoms with Gasteiger partial charge >= 0.3 is 0 Å². The average molecular weight is 533 g/mol. The summed E-state index contributed by atoms with van der Waals surface area (Å²) in [6, 6.07) is 4.74. The van der Waals surface area contributed by atoms with Crippen molar-refractivity contribution in [1.82, 2.24) is 15.5 Å². The van der Waals surface area contributed by atoms with Gasteiger partial charge in [0, 0.05) is 41.9 Å². The number of aliphatic imine (C=N–C) groups is 1. The Balaban J connectivity index is 0.00000300. The van der Waals surface area contributed by atoms with E-state index in [1.54, 1.807) is 0 Å². The molecule has 0 radical (unpaired) electrons. The van der Waals surface area contributed by atoms with Crippen molar-refractivity contribution in [2.24, 2.45) is 10.9 Å². The standard InChI is InChI=1S/C22H36N4OS.HI/c1-4-23-21(25-18-10-13-26(15-18)20(27)17(2)3)24-16-22(11-6-5-7-12-22)19-9-8-14-28-19;/h8-9,14,17-18H,4-7,10-13,15-16H2,1-3H3,(H2,23,24,25);1H. The van der Waals surface area contributed by atoms with Crippen molar-refractivity contribution in [3.05, 3.63) is 22.4 Å². The zero-order chi connectivity index (χ0) is 20.0. The lowest BCUT2D eigenvalue weighted by Crippen LogP contribution is -2.46. The van der Waals surface area contributed by atoms with E-state index in [0.717, 1.165) is 38.6 Å². The molecular formula is C22H37IN4OS. The highest BCUT2D eigenvalue weighted by Crippen LogP contribution is 2.41. The number of carbonyl (C=O) groups is 1. The first kappa shape index (κ1) is 24.4. The van der Waals surface area contributed by atoms with E-state index in [-0.39, 0.29) is 47.3 Å². The smallest absolute Gasteiger partial charge is 0.225 e. The predicted molar refractivity (Wildman–Crippen MR) is 133 cm³/mol. The second kappa shape index (κ2) is 11.5. The van der Waals surface area contributed by atoms with Crippen LogP contribution in [0.2, 0.25) is 0 Å². The first-order chi connectivity index (χ1) is 13.5. The van der Waals surface area contributed by atoms with Crippen LogP contribution in [0.3, 0.4) is 0 Å². The summed E-state index contributed by atoms with van der Waals surface area (Å²) in [4.78, 5) is 20.8. The summed E-state index contributed by atoms with van der Waals surface area (Å²) in [5.74, 6) is 1.22. The Morgan fingerprint density at radius 3 is 2.72 bits per heavy atom. The number of carbonyl (C=O) groups excluding carboxylic acids is 1. The van der Waals surface area contributed by atoms with Gasteiger partial charge in [-0.25, -0.2) is 0 Å². The Morgan fingerprint density at radius 1 is 1.34 bits per heavy atom. The molecule has 1 saturated carbocycles. The third kappa shape index (κ3) is 6.32. The fourth-order valence-corrected chi connectivity index (χ4v) is 5.46. The first-order valence-corrected chi connectivity index (χ1v) is 11.8. The maximum Gasteiger partial charge on any atom is 0.225 e. The van der Waals surface area contributed by atoms with Gasteiger partial charge in [0.05, 0.1) is 6.54 Å². The molecule has 2 fully saturated rings. The molecule has 3 rings (SSSR count). The van der Waals surface area contributed by atoms with Crippen molar-refractivity contribution in [2.75, 3.05) is 26.2 Å². The van der Waals surface area contributed by atoms with Crippen molar-refractivity contribution >= 4 is 47.2 Å². The van der Waals surface area contributed by atoms with Gasteiger partial charge < -0.3 is 15.5 Å². The second-order valence-electron chi connectivity index (χ2n) is 8.58. The molecule has 1 saturated heterocycles. The van der Waals surface area contributed by atoms with Crippen LogP contribution in [-0.4, -0.2) is 49.0 Å². The van der Waals surface area contributed by atoms with Crippen LogP contribution >= 0.6 is 35.3 Å². The molecule has 0 bridgehead atoms. The van der Waals surface area contributed by atoms with E-state index in [1.807, 2.05) is 30.1 Å². The molecule has 1 aliphatic carbocycles. The normalized spacial score (nSPS) is 21.7. The molecule has 1 aromatic heterocycles. The van der Waals surface area contributed by atoms with Gasteiger partial charge in [0.15, 0.2) is 5.96 Å². The van der Waals surface area contributed by atoms with Crippen LogP contribution in [0.15, 0.2) is 22.5 Å². The van der Waals surface area contributed by atoms with E-state index in [0.29, 0.717) is 0 Å². The Morgan fingerprint density at radius 2 is 2.10 bits per heavy atom. The number of nitrogens with zero attached hydrogens (tertiary/aromatic N) is 2. The maximum atomic E-state index is 12.3. The molecule has 2 heterocycles. The van der Waals surface area contributed by atoms with Crippen LogP contribution < -0.4 is 10.6 Å². The van der Waals surface area contributed by atoms with Crippen LogP contribution in [0.1, 0.15) is 64.2 Å². The summed E-state index contributed by atoms with van der Waals surface area (Å²) >= 11 is 1.88. The van der Waals surface area contributed by atoms with Gasteiger partial charge in [-0.2, -0.15) is 0 Å². The number of nitrogens with one attached hydrogen (secondary N) is 2. The predicted octanol–water partition coefficient (Wildman–Crippen LogP) is 4.38. The van der Waals surface area contributed by atoms with Gasteiger partial charge in [0.2, 0.25) is 5.91 Å². The number of likely N-dealkylation sites (tertiary alicyclic amines) is 1. The minimum Gasteiger partial charge on any atom is -0.357 e. The first-order valence-electron chi connectivity index (χ1n) is 10.9. The number of halogens is 1. The molecule has 1 amide bonds. The summed E-state index contributed by atoms with van der Waals surface area (Å²) in [5.41, 5.74) is 0.198. The number of amides is 1. The van der Waals surface area contributed by atoms with E-state index in [4.69, 9.17) is 4.99 Å². The lowest BCUT2D eigenvalue weighted by molar-refractivity contribution is -0.133. The highest BCUT2D eigenvalue weighted by atomic mass is 127. The molecule has 1 aliphatic heterocycles. The van der Waals surface area contributed by atoms with Crippen LogP contribution in [-0.2, 0) is 10.2 Å². The fraction of sp³-hybridized carbons (Fsp3) is 0.727. The monoisotopic (exact) mass is 532 g/mol. The van der Waals surface area contributed by atoms with E-state index in [1.165, 1.54) is 37.0 Å². The van der Waals surface area contributed by atoms with E-state index >= 15 is 0 Å². The number of hydrogen-bond acceptors (Lipinski definition) is 3. The summed E-state index contributed by atoms with van der Waals surface area (Å²) in [6.07, 6.45) is 7.39. The summed E-state index contributed by atoms with van der Waals surface area (Å²) < 4.78 is 0. The average Bonchev–Trinajstić information content (AvgIpc) is 3.39. The number of guanidine groups is 1. The Labute approximate surface area is 197 Å². The Hall–Kier alpha value is -0.830. The third-order valence-electron chi connectivity index (χ3n) is 6.07. The number of rotatable bonds is 6. The van der Waals surface area contributed by atoms with Gasteiger partial charge in [-0.3, -0.25) is 9.79 Å². The van der Waals surface area contributed by atoms with Gasteiger partial charge in [-0.05, 0) is 37.6 Å². The lowest BCUT2D eigenvalue weighted by Gasteiger charge is -2.35. The van der Waals surface area contributed by atoms with Crippen molar-refractivity contribution in [2.45, 2.75) is 70.8 Å². The summed E-state index contributed by atoms with van der Waals surface area (Å²) in [5, 5.41) is 9.20. The fourth-order valence-electron chi connectivity index (χ4n) is 4.48. The maximum absolute atomic E-state index is 12.3. The highest BCUT2D eigenvalue weighted by Gasteiger charge is 2.35. The molecular weight excluding hydrogens is 495 g/mol. The molecule has 5 nitrogen and oxygen atoms in total. The van der Waals surface area contributed by atoms with Crippen LogP contribution in [0.5, 0.6) is 0 Å². The highest BCUT2D eigenvalue weighted by molar-refractivity contribution is 14.0. The van der Waals surface area contributed by atoms with Crippen LogP contribution in [0.25, 0.3) is 0 Å². The molecule has 29 heavy (non-hydrogen) atoms. The topological polar surface area (TPSA) is 56.7 Å². The largest absolute Gasteiger partial charge is 0.357 e. The molecule has 1 aromatic rings. The van der Waals surface area contributed by atoms with Crippen LogP contribution in [0, 0.1) is 5.92 Å². The van der Waals surface area contributed by atoms with E-state index in [2.05, 4.69) is 35.1 Å². The summed E-state index contributed by atoms with van der Waals surface area (Å²) in [7, 11) is 0. The van der Waals surface area contributed by atoms with Crippen molar-refractivity contribution < 1.29 is 4.79 Å². The van der Waals surface area contributed by atoms with Gasteiger partial charge in [-0.15, -0.1) is 35.3 Å². The molecule has 7 heteroatoms. The number of thiophene rings is 1. The molecule has 2 N–H and O–H groups in total. The van der Waals surface area contributed by atoms with E-state index < -0.39 is 0 Å². The minimum absolute atomic E-state index is 0. The van der Waals surface area contributed by atoms with Gasteiger partial charge in [-0.1, -0.05) is 39.2 Å². The minimum atomic E-state index is 0. The molecule has 0 aromatic carbocycles. The van der Waals surface area contributed by atoms with Crippen LogP contribution in [0.4, 0.5) is 0 Å². The van der Waals surface area contributed by atoms with Gasteiger partial charge in [0.1, 0.15) is 0 Å². The number of hydrogen-bond donors (Lipinski definition) is 2. The summed E-state index contributed by atoms with van der Waals surface area (Å²) in [6.45, 7) is 9.36. The molecule has 1 atom stereocenters. The zero-order valence-electron chi connectivity index (χ0n) is 18.1. The Bertz CT molecular complexity index is 656. The third-order valence-corrected chi connectivity index (χ3v) is 7.19. The second-order valence-corrected chi connectivity index (χ2v) is 9.53. The van der Waals surface area contributed by atoms with Crippen molar-refractivity contribution in [3.63, 3.8) is 0 Å². The van der Waals surface area contributed by atoms with Crippen molar-refractivity contribution in [1.29, 1.82) is 0 Å². The lowest BCUT2D eigenvalue weighted by atomic mass is 9.73. The quantitative estimate of drug-likeness (QED) is 0.325. The van der Waals surface area contributed by atoms with Crippen molar-refractivity contribution in [3.8, 4) is 0 Å². The Kier molecular flexibility index (Phi) is 9.72. The SMILES string of the molecule is CCNC(=NCC1(c2cccs2)CCCCC1)NC1CCN(C(=O)C(C)C)C1.I. The molecule has 1 unspecified atom stereocenters.